The van der Waals surface area contributed by atoms with Crippen LogP contribution in [0.5, 0.6) is 0 Å². The molecule has 0 unspecified atom stereocenters. The summed E-state index contributed by atoms with van der Waals surface area (Å²) >= 11 is 7.01. The second-order valence-corrected chi connectivity index (χ2v) is 7.62. The highest BCUT2D eigenvalue weighted by Crippen LogP contribution is 2.22. The van der Waals surface area contributed by atoms with Crippen LogP contribution in [0.15, 0.2) is 29.4 Å². The molecule has 8 nitrogen and oxygen atoms in total. The number of halogens is 1. The molecule has 0 spiro atoms. The van der Waals surface area contributed by atoms with Crippen molar-refractivity contribution in [1.29, 1.82) is 0 Å². The van der Waals surface area contributed by atoms with Gasteiger partial charge in [-0.2, -0.15) is 0 Å². The van der Waals surface area contributed by atoms with Crippen LogP contribution in [0.3, 0.4) is 0 Å². The van der Waals surface area contributed by atoms with Crippen molar-refractivity contribution in [2.45, 2.75) is 31.5 Å². The van der Waals surface area contributed by atoms with Crippen LogP contribution in [0.25, 0.3) is 11.4 Å². The first kappa shape index (κ1) is 21.0. The number of ether oxygens (including phenoxy) is 1. The Labute approximate surface area is 166 Å². The Balaban J connectivity index is 1.98. The Bertz CT molecular complexity index is 794. The van der Waals surface area contributed by atoms with E-state index in [1.807, 2.05) is 13.8 Å². The van der Waals surface area contributed by atoms with Gasteiger partial charge in [0.05, 0.1) is 12.9 Å². The normalized spacial score (nSPS) is 12.0. The summed E-state index contributed by atoms with van der Waals surface area (Å²) in [4.78, 5) is 24.0. The summed E-state index contributed by atoms with van der Waals surface area (Å²) in [5.74, 6) is 5.99. The predicted molar refractivity (Wildman–Crippen MR) is 105 cm³/mol. The van der Waals surface area contributed by atoms with Crippen LogP contribution in [0, 0.1) is 5.92 Å². The Kier molecular flexibility index (Phi) is 7.49. The molecule has 1 atom stereocenters. The summed E-state index contributed by atoms with van der Waals surface area (Å²) in [7, 11) is 1.30. The highest BCUT2D eigenvalue weighted by Gasteiger charge is 2.23. The molecule has 0 fully saturated rings. The number of aromatic nitrogens is 3. The van der Waals surface area contributed by atoms with Gasteiger partial charge in [0.25, 0.3) is 0 Å². The number of carbonyl (C=O) groups excluding carboxylic acids is 2. The highest BCUT2D eigenvalue weighted by atomic mass is 35.5. The number of nitrogen functional groups attached to an aromatic ring is 1. The molecule has 1 heterocycles. The Morgan fingerprint density at radius 2 is 1.96 bits per heavy atom. The van der Waals surface area contributed by atoms with Crippen molar-refractivity contribution >= 4 is 35.2 Å². The van der Waals surface area contributed by atoms with E-state index >= 15 is 0 Å². The van der Waals surface area contributed by atoms with Crippen LogP contribution in [-0.2, 0) is 14.3 Å². The number of rotatable bonds is 8. The van der Waals surface area contributed by atoms with Crippen molar-refractivity contribution in [2.75, 3.05) is 18.7 Å². The molecular weight excluding hydrogens is 390 g/mol. The zero-order chi connectivity index (χ0) is 20.0. The van der Waals surface area contributed by atoms with Crippen molar-refractivity contribution in [3.05, 3.63) is 29.3 Å². The molecule has 146 valence electrons. The monoisotopic (exact) mass is 411 g/mol. The number of nitrogens with two attached hydrogens (primary N) is 1. The van der Waals surface area contributed by atoms with Crippen LogP contribution < -0.4 is 11.2 Å². The fourth-order valence-electron chi connectivity index (χ4n) is 2.37. The fraction of sp³-hybridized carbons (Fsp3) is 0.412. The lowest BCUT2D eigenvalue weighted by Gasteiger charge is -2.18. The van der Waals surface area contributed by atoms with Gasteiger partial charge < -0.3 is 15.9 Å². The Morgan fingerprint density at radius 1 is 1.30 bits per heavy atom. The minimum Gasteiger partial charge on any atom is -0.467 e. The number of nitrogens with zero attached hydrogens (tertiary/aromatic N) is 3. The molecule has 0 radical (unpaired) electrons. The summed E-state index contributed by atoms with van der Waals surface area (Å²) in [6, 6.07) is 6.34. The van der Waals surface area contributed by atoms with E-state index < -0.39 is 12.0 Å². The van der Waals surface area contributed by atoms with Crippen LogP contribution in [0.2, 0.25) is 5.02 Å². The van der Waals surface area contributed by atoms with E-state index in [2.05, 4.69) is 15.5 Å². The molecular formula is C17H22ClN5O3S. The van der Waals surface area contributed by atoms with Gasteiger partial charge in [0.15, 0.2) is 5.82 Å². The maximum absolute atomic E-state index is 12.2. The van der Waals surface area contributed by atoms with Crippen molar-refractivity contribution in [1.82, 2.24) is 20.2 Å². The largest absolute Gasteiger partial charge is 0.467 e. The molecule has 0 aliphatic rings. The molecule has 3 N–H and O–H groups in total. The second kappa shape index (κ2) is 9.61. The van der Waals surface area contributed by atoms with E-state index in [0.717, 1.165) is 17.3 Å². The van der Waals surface area contributed by atoms with Gasteiger partial charge in [0.1, 0.15) is 6.04 Å². The summed E-state index contributed by atoms with van der Waals surface area (Å²) < 4.78 is 6.05. The van der Waals surface area contributed by atoms with Gasteiger partial charge in [0.2, 0.25) is 11.1 Å². The number of benzene rings is 1. The fourth-order valence-corrected chi connectivity index (χ4v) is 3.16. The molecule has 2 rings (SSSR count). The van der Waals surface area contributed by atoms with Gasteiger partial charge in [-0.05, 0) is 36.6 Å². The van der Waals surface area contributed by atoms with Crippen LogP contribution in [-0.4, -0.2) is 45.7 Å². The lowest BCUT2D eigenvalue weighted by Crippen LogP contribution is -2.43. The minimum atomic E-state index is -0.677. The van der Waals surface area contributed by atoms with Crippen molar-refractivity contribution in [2.24, 2.45) is 5.92 Å². The van der Waals surface area contributed by atoms with Crippen LogP contribution >= 0.6 is 23.4 Å². The van der Waals surface area contributed by atoms with Gasteiger partial charge in [-0.25, -0.2) is 9.47 Å². The zero-order valence-corrected chi connectivity index (χ0v) is 16.9. The van der Waals surface area contributed by atoms with Gasteiger partial charge in [0, 0.05) is 10.6 Å². The molecule has 1 amide bonds. The lowest BCUT2D eigenvalue weighted by molar-refractivity contribution is -0.145. The van der Waals surface area contributed by atoms with Crippen LogP contribution in [0.1, 0.15) is 20.3 Å². The van der Waals surface area contributed by atoms with Gasteiger partial charge in [-0.3, -0.25) is 4.79 Å². The van der Waals surface area contributed by atoms with Gasteiger partial charge >= 0.3 is 5.97 Å². The third-order valence-corrected chi connectivity index (χ3v) is 4.82. The minimum absolute atomic E-state index is 0.0432. The average Bonchev–Trinajstić information content (AvgIpc) is 2.99. The van der Waals surface area contributed by atoms with E-state index in [0.29, 0.717) is 22.4 Å². The standard InChI is InChI=1S/C17H22ClN5O3S/c1-10(2)8-13(16(25)26-3)20-14(24)9-27-17-22-21-15(23(17)19)11-4-6-12(18)7-5-11/h4-7,10,13H,8-9,19H2,1-3H3,(H,20,24)/t13-/m0/s1. The van der Waals surface area contributed by atoms with E-state index in [1.54, 1.807) is 24.3 Å². The summed E-state index contributed by atoms with van der Waals surface area (Å²) in [5.41, 5.74) is 0.758. The average molecular weight is 412 g/mol. The molecule has 0 aliphatic carbocycles. The summed E-state index contributed by atoms with van der Waals surface area (Å²) in [6.45, 7) is 3.93. The van der Waals surface area contributed by atoms with E-state index in [1.165, 1.54) is 11.8 Å². The van der Waals surface area contributed by atoms with Crippen molar-refractivity contribution in [3.8, 4) is 11.4 Å². The number of carbonyl (C=O) groups is 2. The van der Waals surface area contributed by atoms with E-state index in [9.17, 15) is 9.59 Å². The van der Waals surface area contributed by atoms with Crippen LogP contribution in [0.4, 0.5) is 0 Å². The number of hydrogen-bond acceptors (Lipinski definition) is 7. The number of amides is 1. The number of hydrogen-bond donors (Lipinski definition) is 2. The molecule has 27 heavy (non-hydrogen) atoms. The number of methoxy groups -OCH3 is 1. The third-order valence-electron chi connectivity index (χ3n) is 3.63. The first-order valence-electron chi connectivity index (χ1n) is 8.28. The molecule has 0 saturated heterocycles. The second-order valence-electron chi connectivity index (χ2n) is 6.24. The first-order valence-corrected chi connectivity index (χ1v) is 9.64. The molecule has 1 aromatic heterocycles. The molecule has 0 saturated carbocycles. The Hall–Kier alpha value is -2.26. The molecule has 10 heteroatoms. The highest BCUT2D eigenvalue weighted by molar-refractivity contribution is 7.99. The number of esters is 1. The Morgan fingerprint density at radius 3 is 2.56 bits per heavy atom. The topological polar surface area (TPSA) is 112 Å². The molecule has 0 aliphatic heterocycles. The molecule has 2 aromatic rings. The third kappa shape index (κ3) is 5.86. The molecule has 0 bridgehead atoms. The molecule has 1 aromatic carbocycles. The number of nitrogens with one attached hydrogen (secondary N) is 1. The van der Waals surface area contributed by atoms with E-state index in [-0.39, 0.29) is 17.6 Å². The van der Waals surface area contributed by atoms with Gasteiger partial charge in [-0.15, -0.1) is 10.2 Å². The predicted octanol–water partition coefficient (Wildman–Crippen LogP) is 2.11. The van der Waals surface area contributed by atoms with Crippen molar-refractivity contribution < 1.29 is 14.3 Å². The zero-order valence-electron chi connectivity index (χ0n) is 15.3. The first-order chi connectivity index (χ1) is 12.8. The maximum Gasteiger partial charge on any atom is 0.328 e. The van der Waals surface area contributed by atoms with Gasteiger partial charge in [-0.1, -0.05) is 37.2 Å². The quantitative estimate of drug-likeness (QED) is 0.388. The van der Waals surface area contributed by atoms with Crippen molar-refractivity contribution in [3.63, 3.8) is 0 Å². The lowest BCUT2D eigenvalue weighted by atomic mass is 10.0. The maximum atomic E-state index is 12.2. The number of thioether (sulfide) groups is 1. The summed E-state index contributed by atoms with van der Waals surface area (Å²) in [5, 5.41) is 11.7. The van der Waals surface area contributed by atoms with E-state index in [4.69, 9.17) is 22.2 Å². The smallest absolute Gasteiger partial charge is 0.328 e. The SMILES string of the molecule is COC(=O)[C@H](CC(C)C)NC(=O)CSc1nnc(-c2ccc(Cl)cc2)n1N. The summed E-state index contributed by atoms with van der Waals surface area (Å²) in [6.07, 6.45) is 0.497.